The van der Waals surface area contributed by atoms with Gasteiger partial charge in [-0.05, 0) is 43.7 Å². The van der Waals surface area contributed by atoms with Gasteiger partial charge in [0.15, 0.2) is 0 Å². The average molecular weight is 404 g/mol. The lowest BCUT2D eigenvalue weighted by molar-refractivity contribution is -0.115. The highest BCUT2D eigenvalue weighted by molar-refractivity contribution is 6.31. The summed E-state index contributed by atoms with van der Waals surface area (Å²) >= 11 is 5.95. The fourth-order valence-corrected chi connectivity index (χ4v) is 2.56. The minimum Gasteiger partial charge on any atom is -0.497 e. The van der Waals surface area contributed by atoms with Gasteiger partial charge < -0.3 is 14.8 Å². The van der Waals surface area contributed by atoms with Crippen LogP contribution in [0.15, 0.2) is 41.5 Å². The first-order chi connectivity index (χ1) is 13.3. The van der Waals surface area contributed by atoms with E-state index >= 15 is 0 Å². The maximum Gasteiger partial charge on any atom is 0.275 e. The Bertz CT molecular complexity index is 912. The number of anilines is 1. The third-order valence-corrected chi connectivity index (χ3v) is 4.13. The smallest absolute Gasteiger partial charge is 0.275 e. The van der Waals surface area contributed by atoms with Crippen molar-refractivity contribution in [1.29, 1.82) is 0 Å². The molecule has 28 heavy (non-hydrogen) atoms. The van der Waals surface area contributed by atoms with Crippen LogP contribution in [-0.2, 0) is 4.79 Å². The number of nitrogens with one attached hydrogen (secondary N) is 2. The van der Waals surface area contributed by atoms with Crippen LogP contribution in [0.25, 0.3) is 0 Å². The summed E-state index contributed by atoms with van der Waals surface area (Å²) in [4.78, 5) is 24.5. The van der Waals surface area contributed by atoms with Gasteiger partial charge in [0.25, 0.3) is 5.91 Å². The van der Waals surface area contributed by atoms with E-state index in [0.29, 0.717) is 33.5 Å². The van der Waals surface area contributed by atoms with Crippen molar-refractivity contribution < 1.29 is 19.1 Å². The van der Waals surface area contributed by atoms with Gasteiger partial charge in [0.05, 0.1) is 26.2 Å². The lowest BCUT2D eigenvalue weighted by Gasteiger charge is -2.10. The summed E-state index contributed by atoms with van der Waals surface area (Å²) in [5.41, 5.74) is 4.71. The van der Waals surface area contributed by atoms with E-state index < -0.39 is 5.91 Å². The quantitative estimate of drug-likeness (QED) is 0.543. The van der Waals surface area contributed by atoms with E-state index in [4.69, 9.17) is 21.1 Å². The van der Waals surface area contributed by atoms with Crippen LogP contribution in [0.4, 0.5) is 5.69 Å². The van der Waals surface area contributed by atoms with Crippen LogP contribution in [0.5, 0.6) is 11.5 Å². The lowest BCUT2D eigenvalue weighted by atomic mass is 10.2. The highest BCUT2D eigenvalue weighted by Crippen LogP contribution is 2.24. The Morgan fingerprint density at radius 3 is 2.54 bits per heavy atom. The molecule has 0 bridgehead atoms. The molecular weight excluding hydrogens is 382 g/mol. The Morgan fingerprint density at radius 2 is 1.86 bits per heavy atom. The van der Waals surface area contributed by atoms with Gasteiger partial charge in [-0.25, -0.2) is 5.43 Å². The van der Waals surface area contributed by atoms with Gasteiger partial charge in [0.1, 0.15) is 11.5 Å². The van der Waals surface area contributed by atoms with Crippen LogP contribution in [0.3, 0.4) is 0 Å². The summed E-state index contributed by atoms with van der Waals surface area (Å²) in [6.45, 7) is 3.52. The summed E-state index contributed by atoms with van der Waals surface area (Å²) in [6.07, 6.45) is 0.0198. The molecule has 0 unspecified atom stereocenters. The zero-order chi connectivity index (χ0) is 20.7. The Kier molecular flexibility index (Phi) is 7.40. The molecule has 0 aliphatic carbocycles. The van der Waals surface area contributed by atoms with Crippen LogP contribution < -0.4 is 20.2 Å². The number of hydrazone groups is 1. The minimum absolute atomic E-state index is 0.0198. The fourth-order valence-electron chi connectivity index (χ4n) is 2.39. The van der Waals surface area contributed by atoms with Gasteiger partial charge >= 0.3 is 0 Å². The van der Waals surface area contributed by atoms with Gasteiger partial charge in [-0.2, -0.15) is 5.10 Å². The number of methoxy groups -OCH3 is 2. The minimum atomic E-state index is -0.454. The van der Waals surface area contributed by atoms with Crippen LogP contribution >= 0.6 is 11.6 Å². The molecule has 0 atom stereocenters. The number of aryl methyl sites for hydroxylation is 1. The largest absolute Gasteiger partial charge is 0.497 e. The highest BCUT2D eigenvalue weighted by atomic mass is 35.5. The van der Waals surface area contributed by atoms with Crippen LogP contribution in [-0.4, -0.2) is 31.7 Å². The number of rotatable bonds is 7. The van der Waals surface area contributed by atoms with Crippen molar-refractivity contribution in [3.05, 3.63) is 52.5 Å². The zero-order valence-electron chi connectivity index (χ0n) is 16.1. The maximum absolute atomic E-state index is 12.3. The van der Waals surface area contributed by atoms with Crippen molar-refractivity contribution in [2.24, 2.45) is 5.10 Å². The molecule has 2 rings (SSSR count). The topological polar surface area (TPSA) is 89.0 Å². The zero-order valence-corrected chi connectivity index (χ0v) is 16.9. The van der Waals surface area contributed by atoms with Crippen LogP contribution in [0.1, 0.15) is 29.3 Å². The van der Waals surface area contributed by atoms with E-state index in [2.05, 4.69) is 15.8 Å². The van der Waals surface area contributed by atoms with E-state index in [0.717, 1.165) is 5.56 Å². The number of carbonyl (C=O) groups excluding carboxylic acids is 2. The number of hydrogen-bond acceptors (Lipinski definition) is 5. The third kappa shape index (κ3) is 5.72. The molecule has 0 fully saturated rings. The van der Waals surface area contributed by atoms with E-state index in [-0.39, 0.29) is 12.3 Å². The van der Waals surface area contributed by atoms with E-state index in [1.54, 1.807) is 37.3 Å². The number of halogens is 1. The first kappa shape index (κ1) is 21.2. The number of ether oxygens (including phenoxy) is 2. The monoisotopic (exact) mass is 403 g/mol. The van der Waals surface area contributed by atoms with Gasteiger partial charge in [-0.3, -0.25) is 9.59 Å². The van der Waals surface area contributed by atoms with Gasteiger partial charge in [0, 0.05) is 22.5 Å². The predicted molar refractivity (Wildman–Crippen MR) is 110 cm³/mol. The van der Waals surface area contributed by atoms with Gasteiger partial charge in [-0.15, -0.1) is 0 Å². The predicted octanol–water partition coefficient (Wildman–Crippen LogP) is 3.80. The van der Waals surface area contributed by atoms with Gasteiger partial charge in [-0.1, -0.05) is 17.7 Å². The molecule has 2 aromatic carbocycles. The molecule has 0 heterocycles. The molecule has 2 N–H and O–H groups in total. The summed E-state index contributed by atoms with van der Waals surface area (Å²) < 4.78 is 10.3. The molecule has 2 aromatic rings. The van der Waals surface area contributed by atoms with E-state index in [1.165, 1.54) is 14.2 Å². The second-order valence-corrected chi connectivity index (χ2v) is 6.47. The molecule has 7 nitrogen and oxygen atoms in total. The molecule has 148 valence electrons. The molecule has 0 spiro atoms. The first-order valence-electron chi connectivity index (χ1n) is 8.45. The second-order valence-electron chi connectivity index (χ2n) is 6.04. The van der Waals surface area contributed by atoms with E-state index in [1.807, 2.05) is 13.0 Å². The number of nitrogens with zero attached hydrogens (tertiary/aromatic N) is 1. The molecule has 8 heteroatoms. The Morgan fingerprint density at radius 1 is 1.11 bits per heavy atom. The van der Waals surface area contributed by atoms with Crippen LogP contribution in [0.2, 0.25) is 5.02 Å². The Balaban J connectivity index is 1.99. The molecular formula is C20H22ClN3O4. The molecule has 2 amide bonds. The third-order valence-electron chi connectivity index (χ3n) is 3.89. The summed E-state index contributed by atoms with van der Waals surface area (Å²) in [7, 11) is 2.99. The van der Waals surface area contributed by atoms with Crippen LogP contribution in [0, 0.1) is 6.92 Å². The van der Waals surface area contributed by atoms with Crippen molar-refractivity contribution >= 4 is 34.8 Å². The molecule has 0 saturated heterocycles. The number of hydrogen-bond donors (Lipinski definition) is 2. The summed E-state index contributed by atoms with van der Waals surface area (Å²) in [5.74, 6) is 0.216. The second kappa shape index (κ2) is 9.75. The average Bonchev–Trinajstić information content (AvgIpc) is 2.68. The number of carbonyl (C=O) groups is 2. The SMILES string of the molecule is COc1ccc(C(=O)N/N=C(/C)CC(=O)Nc2cc(Cl)ccc2C)c(OC)c1. The summed E-state index contributed by atoms with van der Waals surface area (Å²) in [6, 6.07) is 10.1. The fraction of sp³-hybridized carbons (Fsp3) is 0.250. The van der Waals surface area contributed by atoms with Gasteiger partial charge in [0.2, 0.25) is 5.91 Å². The lowest BCUT2D eigenvalue weighted by Crippen LogP contribution is -2.22. The molecule has 0 radical (unpaired) electrons. The molecule has 0 aromatic heterocycles. The number of amides is 2. The highest BCUT2D eigenvalue weighted by Gasteiger charge is 2.13. The maximum atomic E-state index is 12.3. The first-order valence-corrected chi connectivity index (χ1v) is 8.83. The van der Waals surface area contributed by atoms with Crippen molar-refractivity contribution in [3.8, 4) is 11.5 Å². The standard InChI is InChI=1S/C20H22ClN3O4/c1-12-5-6-14(21)10-17(12)22-19(25)9-13(2)23-24-20(26)16-8-7-15(27-3)11-18(16)28-4/h5-8,10-11H,9H2,1-4H3,(H,22,25)(H,24,26)/b23-13-. The number of benzene rings is 2. The molecule has 0 aliphatic rings. The molecule has 0 saturated carbocycles. The van der Waals surface area contributed by atoms with Crippen molar-refractivity contribution in [2.45, 2.75) is 20.3 Å². The molecule has 0 aliphatic heterocycles. The van der Waals surface area contributed by atoms with E-state index in [9.17, 15) is 9.59 Å². The normalized spacial score (nSPS) is 11.0. The Hall–Kier alpha value is -3.06. The Labute approximate surface area is 168 Å². The van der Waals surface area contributed by atoms with Crippen molar-refractivity contribution in [1.82, 2.24) is 5.43 Å². The van der Waals surface area contributed by atoms with Crippen molar-refractivity contribution in [2.75, 3.05) is 19.5 Å². The summed E-state index contributed by atoms with van der Waals surface area (Å²) in [5, 5.41) is 7.30. The van der Waals surface area contributed by atoms with Crippen molar-refractivity contribution in [3.63, 3.8) is 0 Å².